The summed E-state index contributed by atoms with van der Waals surface area (Å²) in [5.74, 6) is 0.743. The topological polar surface area (TPSA) is 98.1 Å². The first-order valence-electron chi connectivity index (χ1n) is 9.00. The summed E-state index contributed by atoms with van der Waals surface area (Å²) in [6.07, 6.45) is 0. The van der Waals surface area contributed by atoms with Crippen LogP contribution in [0.4, 0.5) is 0 Å². The van der Waals surface area contributed by atoms with Gasteiger partial charge in [-0.3, -0.25) is 9.59 Å². The first-order valence-corrected chi connectivity index (χ1v) is 9.00. The van der Waals surface area contributed by atoms with E-state index in [2.05, 4.69) is 0 Å². The van der Waals surface area contributed by atoms with Gasteiger partial charge >= 0.3 is 0 Å². The lowest BCUT2D eigenvalue weighted by atomic mass is 9.82. The van der Waals surface area contributed by atoms with Crippen molar-refractivity contribution < 1.29 is 28.5 Å². The van der Waals surface area contributed by atoms with Crippen LogP contribution in [0.2, 0.25) is 0 Å². The van der Waals surface area contributed by atoms with Crippen LogP contribution in [-0.4, -0.2) is 44.1 Å². The minimum absolute atomic E-state index is 0.0845. The van der Waals surface area contributed by atoms with Crippen molar-refractivity contribution in [1.82, 2.24) is 4.90 Å². The fraction of sp³-hybridized carbons (Fsp3) is 0.286. The Morgan fingerprint density at radius 3 is 2.41 bits per heavy atom. The number of carbonyl (C=O) groups excluding carboxylic acids is 2. The number of hydrogen-bond donors (Lipinski definition) is 0. The van der Waals surface area contributed by atoms with Gasteiger partial charge < -0.3 is 23.8 Å². The number of hydrogen-bond acceptors (Lipinski definition) is 7. The molecule has 1 aliphatic carbocycles. The van der Waals surface area contributed by atoms with Crippen molar-refractivity contribution in [3.05, 3.63) is 46.5 Å². The van der Waals surface area contributed by atoms with Crippen LogP contribution < -0.4 is 18.9 Å². The van der Waals surface area contributed by atoms with Crippen LogP contribution in [0.25, 0.3) is 0 Å². The molecule has 0 radical (unpaired) electrons. The Morgan fingerprint density at radius 1 is 1.03 bits per heavy atom. The Balaban J connectivity index is 1.75. The normalized spacial score (nSPS) is 20.7. The lowest BCUT2D eigenvalue weighted by molar-refractivity contribution is 0.0637. The molecule has 2 aliphatic heterocycles. The zero-order valence-corrected chi connectivity index (χ0v) is 15.7. The van der Waals surface area contributed by atoms with Gasteiger partial charge in [0.15, 0.2) is 28.8 Å². The molecule has 2 aromatic rings. The maximum Gasteiger partial charge on any atom is 0.255 e. The molecule has 0 N–H and O–H groups in total. The standard InChI is InChI=1S/C21H16N2O6/c1-26-14-5-10-13(8-15(14)27-2)21(25)23(4-3-22)19-11-6-16-17(29-9-28-16)7-12(11)20(24)18(10)19/h5-8,18-19H,4,9H2,1-2H3/t18-,19-/m1/s1. The zero-order chi connectivity index (χ0) is 20.3. The lowest BCUT2D eigenvalue weighted by Crippen LogP contribution is -2.42. The largest absolute Gasteiger partial charge is 0.493 e. The third-order valence-corrected chi connectivity index (χ3v) is 5.69. The Morgan fingerprint density at radius 2 is 1.72 bits per heavy atom. The number of methoxy groups -OCH3 is 2. The molecule has 1 amide bonds. The molecular weight excluding hydrogens is 376 g/mol. The van der Waals surface area contributed by atoms with Crippen molar-refractivity contribution in [2.45, 2.75) is 12.0 Å². The molecule has 8 heteroatoms. The number of ketones is 1. The second kappa shape index (κ2) is 6.14. The van der Waals surface area contributed by atoms with Gasteiger partial charge in [-0.2, -0.15) is 5.26 Å². The van der Waals surface area contributed by atoms with Crippen LogP contribution in [-0.2, 0) is 0 Å². The molecule has 2 aromatic carbocycles. The first-order chi connectivity index (χ1) is 14.1. The van der Waals surface area contributed by atoms with Crippen molar-refractivity contribution in [2.24, 2.45) is 0 Å². The Kier molecular flexibility index (Phi) is 3.68. The molecule has 2 atom stereocenters. The summed E-state index contributed by atoms with van der Waals surface area (Å²) >= 11 is 0. The molecule has 29 heavy (non-hydrogen) atoms. The number of nitriles is 1. The van der Waals surface area contributed by atoms with Gasteiger partial charge in [0.2, 0.25) is 6.79 Å². The van der Waals surface area contributed by atoms with Crippen molar-refractivity contribution in [3.8, 4) is 29.1 Å². The molecule has 8 nitrogen and oxygen atoms in total. The van der Waals surface area contributed by atoms with E-state index in [0.29, 0.717) is 45.3 Å². The van der Waals surface area contributed by atoms with E-state index in [-0.39, 0.29) is 25.0 Å². The highest BCUT2D eigenvalue weighted by Crippen LogP contribution is 2.54. The molecule has 0 saturated carbocycles. The maximum absolute atomic E-state index is 13.4. The number of carbonyl (C=O) groups is 2. The summed E-state index contributed by atoms with van der Waals surface area (Å²) in [6.45, 7) is -0.0594. The van der Waals surface area contributed by atoms with Crippen LogP contribution in [0, 0.1) is 11.3 Å². The molecule has 0 spiro atoms. The first kappa shape index (κ1) is 17.4. The molecule has 0 saturated heterocycles. The smallest absolute Gasteiger partial charge is 0.255 e. The van der Waals surface area contributed by atoms with Crippen LogP contribution in [0.1, 0.15) is 43.8 Å². The minimum atomic E-state index is -0.645. The minimum Gasteiger partial charge on any atom is -0.493 e. The van der Waals surface area contributed by atoms with Gasteiger partial charge in [0.25, 0.3) is 5.91 Å². The van der Waals surface area contributed by atoms with E-state index in [1.54, 1.807) is 24.3 Å². The molecule has 0 unspecified atom stereocenters. The van der Waals surface area contributed by atoms with Gasteiger partial charge in [-0.05, 0) is 35.4 Å². The quantitative estimate of drug-likeness (QED) is 0.740. The Labute approximate surface area is 166 Å². The van der Waals surface area contributed by atoms with Crippen LogP contribution in [0.5, 0.6) is 23.0 Å². The summed E-state index contributed by atoms with van der Waals surface area (Å²) in [6, 6.07) is 8.10. The highest BCUT2D eigenvalue weighted by atomic mass is 16.7. The summed E-state index contributed by atoms with van der Waals surface area (Å²) in [7, 11) is 2.98. The molecule has 0 fully saturated rings. The average molecular weight is 392 g/mol. The second-order valence-corrected chi connectivity index (χ2v) is 6.97. The molecule has 2 heterocycles. The summed E-state index contributed by atoms with van der Waals surface area (Å²) < 4.78 is 21.6. The monoisotopic (exact) mass is 392 g/mol. The number of fused-ring (bicyclic) bond motifs is 6. The lowest BCUT2D eigenvalue weighted by Gasteiger charge is -2.37. The fourth-order valence-corrected chi connectivity index (χ4v) is 4.43. The van der Waals surface area contributed by atoms with Crippen LogP contribution in [0.3, 0.4) is 0 Å². The van der Waals surface area contributed by atoms with Crippen molar-refractivity contribution in [3.63, 3.8) is 0 Å². The SMILES string of the molecule is COc1cc2c(cc1OC)[C@H]1C(=O)c3cc4c(cc3[C@H]1N(CC#N)C2=O)OCO4. The van der Waals surface area contributed by atoms with Gasteiger partial charge in [-0.15, -0.1) is 0 Å². The van der Waals surface area contributed by atoms with E-state index in [4.69, 9.17) is 18.9 Å². The third kappa shape index (κ3) is 2.24. The summed E-state index contributed by atoms with van der Waals surface area (Å²) in [5, 5.41) is 9.34. The predicted molar refractivity (Wildman–Crippen MR) is 98.6 cm³/mol. The predicted octanol–water partition coefficient (Wildman–Crippen LogP) is 2.43. The second-order valence-electron chi connectivity index (χ2n) is 6.97. The van der Waals surface area contributed by atoms with E-state index in [9.17, 15) is 14.9 Å². The number of nitrogens with zero attached hydrogens (tertiary/aromatic N) is 2. The number of Topliss-reactive ketones (excluding diaryl/α,β-unsaturated/α-hetero) is 1. The van der Waals surface area contributed by atoms with Gasteiger partial charge in [0.1, 0.15) is 6.54 Å². The van der Waals surface area contributed by atoms with Crippen molar-refractivity contribution >= 4 is 11.7 Å². The van der Waals surface area contributed by atoms with Crippen molar-refractivity contribution in [1.29, 1.82) is 5.26 Å². The van der Waals surface area contributed by atoms with Crippen LogP contribution in [0.15, 0.2) is 24.3 Å². The molecule has 0 aromatic heterocycles. The van der Waals surface area contributed by atoms with E-state index >= 15 is 0 Å². The van der Waals surface area contributed by atoms with Gasteiger partial charge in [-0.1, -0.05) is 0 Å². The molecule has 5 rings (SSSR count). The van der Waals surface area contributed by atoms with Gasteiger partial charge in [-0.25, -0.2) is 0 Å². The molecule has 3 aliphatic rings. The summed E-state index contributed by atoms with van der Waals surface area (Å²) in [4.78, 5) is 28.1. The van der Waals surface area contributed by atoms with Gasteiger partial charge in [0.05, 0.1) is 32.2 Å². The summed E-state index contributed by atoms with van der Waals surface area (Å²) in [5.41, 5.74) is 2.03. The highest BCUT2D eigenvalue weighted by Gasteiger charge is 2.51. The number of ether oxygens (including phenoxy) is 4. The maximum atomic E-state index is 13.4. The van der Waals surface area contributed by atoms with Gasteiger partial charge in [0, 0.05) is 11.1 Å². The average Bonchev–Trinajstić information content (AvgIpc) is 3.31. The van der Waals surface area contributed by atoms with Crippen molar-refractivity contribution in [2.75, 3.05) is 27.6 Å². The van der Waals surface area contributed by atoms with E-state index < -0.39 is 12.0 Å². The van der Waals surface area contributed by atoms with E-state index in [1.807, 2.05) is 6.07 Å². The Bertz CT molecular complexity index is 1120. The third-order valence-electron chi connectivity index (χ3n) is 5.69. The van der Waals surface area contributed by atoms with E-state index in [0.717, 1.165) is 0 Å². The number of rotatable bonds is 3. The molecule has 0 bridgehead atoms. The fourth-order valence-electron chi connectivity index (χ4n) is 4.43. The number of benzene rings is 2. The Hall–Kier alpha value is -3.73. The zero-order valence-electron chi connectivity index (χ0n) is 15.7. The van der Waals surface area contributed by atoms with Crippen LogP contribution >= 0.6 is 0 Å². The molecular formula is C21H16N2O6. The molecule has 146 valence electrons. The highest BCUT2D eigenvalue weighted by molar-refractivity contribution is 6.11. The van der Waals surface area contributed by atoms with E-state index in [1.165, 1.54) is 19.1 Å². The number of amides is 1.